The zero-order valence-corrected chi connectivity index (χ0v) is 10.9. The molecule has 0 heterocycles. The Morgan fingerprint density at radius 3 is 1.85 bits per heavy atom. The van der Waals surface area contributed by atoms with Gasteiger partial charge in [-0.15, -0.1) is 0 Å². The molecule has 0 saturated heterocycles. The Kier molecular flexibility index (Phi) is 10.6. The average molecular weight is 232 g/mol. The third kappa shape index (κ3) is 7.63. The molecule has 68 valence electrons. The van der Waals surface area contributed by atoms with Crippen LogP contribution in [0.5, 0.6) is 0 Å². The quantitative estimate of drug-likeness (QED) is 0.752. The zero-order chi connectivity index (χ0) is 9.40. The molecule has 0 unspecified atom stereocenters. The molecule has 1 rings (SSSR count). The van der Waals surface area contributed by atoms with Gasteiger partial charge < -0.3 is 10.4 Å². The molecule has 0 fully saturated rings. The molecule has 0 saturated carbocycles. The minimum Gasteiger partial charge on any atom is -0.668 e. The summed E-state index contributed by atoms with van der Waals surface area (Å²) >= 11 is 0. The first-order valence-electron chi connectivity index (χ1n) is 3.48. The van der Waals surface area contributed by atoms with Crippen molar-refractivity contribution in [2.24, 2.45) is 0 Å². The van der Waals surface area contributed by atoms with Gasteiger partial charge in [0.25, 0.3) is 0 Å². The van der Waals surface area contributed by atoms with E-state index in [0.29, 0.717) is 5.56 Å². The van der Waals surface area contributed by atoms with Crippen molar-refractivity contribution in [3.05, 3.63) is 41.2 Å². The van der Waals surface area contributed by atoms with E-state index in [9.17, 15) is 4.79 Å². The van der Waals surface area contributed by atoms with E-state index < -0.39 is 5.97 Å². The fourth-order valence-electron chi connectivity index (χ4n) is 0.581. The summed E-state index contributed by atoms with van der Waals surface area (Å²) in [5.41, 5.74) is 0.331. The van der Waals surface area contributed by atoms with Crippen molar-refractivity contribution in [2.75, 3.05) is 14.1 Å². The van der Waals surface area contributed by atoms with Crippen LogP contribution in [0.15, 0.2) is 30.3 Å². The maximum atomic E-state index is 10.2. The molecule has 0 aliphatic heterocycles. The van der Waals surface area contributed by atoms with Crippen LogP contribution in [-0.4, -0.2) is 25.2 Å². The monoisotopic (exact) mass is 230 g/mol. The molecule has 13 heavy (non-hydrogen) atoms. The van der Waals surface area contributed by atoms with Crippen LogP contribution < -0.4 is 0 Å². The maximum Gasteiger partial charge on any atom is 0.335 e. The molecule has 0 aromatic heterocycles. The molecule has 4 heteroatoms. The summed E-state index contributed by atoms with van der Waals surface area (Å²) in [6.45, 7) is 0. The van der Waals surface area contributed by atoms with Crippen LogP contribution in [0.1, 0.15) is 10.4 Å². The summed E-state index contributed by atoms with van der Waals surface area (Å²) in [7, 11) is 3.50. The molecule has 0 spiro atoms. The molecule has 1 N–H and O–H groups in total. The first-order valence-corrected chi connectivity index (χ1v) is 3.48. The van der Waals surface area contributed by atoms with Gasteiger partial charge in [-0.3, -0.25) is 0 Å². The third-order valence-electron chi connectivity index (χ3n) is 1.02. The van der Waals surface area contributed by atoms with Crippen LogP contribution in [0.3, 0.4) is 0 Å². The topological polar surface area (TPSA) is 51.4 Å². The largest absolute Gasteiger partial charge is 0.668 e. The number of nitrogens with zero attached hydrogens (tertiary/aromatic N) is 1. The van der Waals surface area contributed by atoms with Crippen molar-refractivity contribution in [1.82, 2.24) is 0 Å². The predicted octanol–water partition coefficient (Wildman–Crippen LogP) is 2.00. The van der Waals surface area contributed by atoms with E-state index in [-0.39, 0.29) is 19.5 Å². The summed E-state index contributed by atoms with van der Waals surface area (Å²) in [4.78, 5) is 10.2. The molecule has 0 bridgehead atoms. The van der Waals surface area contributed by atoms with Gasteiger partial charge in [-0.2, -0.15) is 14.1 Å². The molecule has 0 amide bonds. The number of benzene rings is 1. The van der Waals surface area contributed by atoms with Gasteiger partial charge in [0.15, 0.2) is 0 Å². The van der Waals surface area contributed by atoms with Crippen LogP contribution in [0.25, 0.3) is 5.32 Å². The van der Waals surface area contributed by atoms with Gasteiger partial charge in [0.1, 0.15) is 0 Å². The first kappa shape index (κ1) is 14.8. The Morgan fingerprint density at radius 2 is 1.62 bits per heavy atom. The molecule has 0 atom stereocenters. The van der Waals surface area contributed by atoms with Crippen molar-refractivity contribution >= 4 is 5.97 Å². The van der Waals surface area contributed by atoms with Gasteiger partial charge in [0.05, 0.1) is 5.56 Å². The van der Waals surface area contributed by atoms with Gasteiger partial charge in [-0.05, 0) is 12.1 Å². The summed E-state index contributed by atoms with van der Waals surface area (Å²) in [6.07, 6.45) is 0. The normalized spacial score (nSPS) is 7.54. The van der Waals surface area contributed by atoms with Gasteiger partial charge in [0, 0.05) is 19.5 Å². The second-order valence-corrected chi connectivity index (χ2v) is 2.12. The number of carboxylic acids is 1. The van der Waals surface area contributed by atoms with Crippen molar-refractivity contribution in [1.29, 1.82) is 0 Å². The Labute approximate surface area is 90.9 Å². The van der Waals surface area contributed by atoms with E-state index >= 15 is 0 Å². The molecular weight excluding hydrogens is 219 g/mol. The van der Waals surface area contributed by atoms with Crippen LogP contribution in [-0.2, 0) is 19.5 Å². The van der Waals surface area contributed by atoms with E-state index in [1.54, 1.807) is 44.4 Å². The molecular formula is C9H12NO2Zn-. The van der Waals surface area contributed by atoms with Gasteiger partial charge in [0.2, 0.25) is 0 Å². The van der Waals surface area contributed by atoms with Crippen molar-refractivity contribution in [3.63, 3.8) is 0 Å². The van der Waals surface area contributed by atoms with E-state index in [2.05, 4.69) is 5.32 Å². The van der Waals surface area contributed by atoms with Crippen LogP contribution >= 0.6 is 0 Å². The summed E-state index contributed by atoms with van der Waals surface area (Å²) in [6, 6.07) is 8.30. The number of aromatic carboxylic acids is 1. The second kappa shape index (κ2) is 9.36. The Balaban J connectivity index is 0. The van der Waals surface area contributed by atoms with Crippen molar-refractivity contribution in [2.45, 2.75) is 0 Å². The van der Waals surface area contributed by atoms with Crippen LogP contribution in [0.2, 0.25) is 0 Å². The predicted molar refractivity (Wildman–Crippen MR) is 48.6 cm³/mol. The first-order chi connectivity index (χ1) is 5.72. The minimum atomic E-state index is -0.879. The standard InChI is InChI=1S/C7H6O2.C2H6N.Zn/c8-7(9)6-4-2-1-3-5-6;1-3-2;/h1-5H,(H,8,9);1-2H3;/q;-1;. The zero-order valence-electron chi connectivity index (χ0n) is 7.90. The fraction of sp³-hybridized carbons (Fsp3) is 0.222. The number of carbonyl (C=O) groups is 1. The summed E-state index contributed by atoms with van der Waals surface area (Å²) < 4.78 is 0. The second-order valence-electron chi connectivity index (χ2n) is 2.12. The molecule has 1 aromatic carbocycles. The molecule has 1 aromatic rings. The molecule has 0 radical (unpaired) electrons. The van der Waals surface area contributed by atoms with E-state index in [1.165, 1.54) is 0 Å². The number of carboxylic acid groups (broad SMARTS) is 1. The molecule has 0 aliphatic carbocycles. The van der Waals surface area contributed by atoms with E-state index in [0.717, 1.165) is 0 Å². The third-order valence-corrected chi connectivity index (χ3v) is 1.02. The van der Waals surface area contributed by atoms with Crippen LogP contribution in [0, 0.1) is 0 Å². The SMILES string of the molecule is C[N-]C.O=C(O)c1ccccc1.[Zn]. The van der Waals surface area contributed by atoms with E-state index in [4.69, 9.17) is 5.11 Å². The Morgan fingerprint density at radius 1 is 1.23 bits per heavy atom. The molecule has 0 aliphatic rings. The Bertz CT molecular complexity index is 226. The number of rotatable bonds is 1. The van der Waals surface area contributed by atoms with E-state index in [1.807, 2.05) is 0 Å². The summed E-state index contributed by atoms with van der Waals surface area (Å²) in [5.74, 6) is -0.879. The van der Waals surface area contributed by atoms with Gasteiger partial charge in [-0.25, -0.2) is 4.79 Å². The van der Waals surface area contributed by atoms with Crippen molar-refractivity contribution in [3.8, 4) is 0 Å². The minimum absolute atomic E-state index is 0. The average Bonchev–Trinajstić information content (AvgIpc) is 2.07. The number of hydrogen-bond donors (Lipinski definition) is 1. The van der Waals surface area contributed by atoms with Gasteiger partial charge >= 0.3 is 5.97 Å². The van der Waals surface area contributed by atoms with Crippen molar-refractivity contribution < 1.29 is 29.4 Å². The maximum absolute atomic E-state index is 10.2. The Hall–Kier alpha value is -0.727. The molecule has 3 nitrogen and oxygen atoms in total. The number of hydrogen-bond acceptors (Lipinski definition) is 1. The van der Waals surface area contributed by atoms with Crippen LogP contribution in [0.4, 0.5) is 0 Å². The fourth-order valence-corrected chi connectivity index (χ4v) is 0.581. The van der Waals surface area contributed by atoms with Gasteiger partial charge in [-0.1, -0.05) is 18.2 Å². The smallest absolute Gasteiger partial charge is 0.335 e. The summed E-state index contributed by atoms with van der Waals surface area (Å²) in [5, 5.41) is 11.9.